The van der Waals surface area contributed by atoms with Crippen LogP contribution in [0.3, 0.4) is 0 Å². The first kappa shape index (κ1) is 14.8. The van der Waals surface area contributed by atoms with E-state index < -0.39 is 0 Å². The van der Waals surface area contributed by atoms with Crippen LogP contribution < -0.4 is 5.32 Å². The molecule has 2 atom stereocenters. The molecule has 0 bridgehead atoms. The summed E-state index contributed by atoms with van der Waals surface area (Å²) in [7, 11) is 0. The molecule has 1 fully saturated rings. The van der Waals surface area contributed by atoms with Gasteiger partial charge in [-0.25, -0.2) is 9.97 Å². The highest BCUT2D eigenvalue weighted by Crippen LogP contribution is 2.38. The molecule has 1 aliphatic rings. The second-order valence-electron chi connectivity index (χ2n) is 5.38. The Morgan fingerprint density at radius 3 is 2.53 bits per heavy atom. The van der Waals surface area contributed by atoms with Gasteiger partial charge in [-0.15, -0.1) is 0 Å². The number of rotatable bonds is 5. The van der Waals surface area contributed by atoms with Gasteiger partial charge in [0, 0.05) is 17.9 Å². The Morgan fingerprint density at radius 2 is 2.00 bits per heavy atom. The lowest BCUT2D eigenvalue weighted by atomic mass is 9.98. The summed E-state index contributed by atoms with van der Waals surface area (Å²) in [6.07, 6.45) is 2.53. The van der Waals surface area contributed by atoms with E-state index in [1.165, 1.54) is 35.5 Å². The molecule has 1 N–H and O–H groups in total. The van der Waals surface area contributed by atoms with Gasteiger partial charge in [-0.3, -0.25) is 0 Å². The Labute approximate surface area is 121 Å². The van der Waals surface area contributed by atoms with Crippen LogP contribution in [0.2, 0.25) is 0 Å². The number of thioether (sulfide) groups is 1. The lowest BCUT2D eigenvalue weighted by Gasteiger charge is -2.19. The number of likely N-dealkylation sites (N-methyl/N-ethyl adjacent to an activating group) is 1. The van der Waals surface area contributed by atoms with E-state index in [-0.39, 0.29) is 0 Å². The van der Waals surface area contributed by atoms with Gasteiger partial charge in [0.05, 0.1) is 5.25 Å². The van der Waals surface area contributed by atoms with E-state index in [0.717, 1.165) is 18.9 Å². The average Bonchev–Trinajstić information content (AvgIpc) is 2.89. The van der Waals surface area contributed by atoms with Gasteiger partial charge in [-0.1, -0.05) is 13.8 Å². The average molecular weight is 279 g/mol. The van der Waals surface area contributed by atoms with Crippen LogP contribution in [0.25, 0.3) is 0 Å². The zero-order chi connectivity index (χ0) is 13.8. The number of aromatic nitrogens is 2. The second kappa shape index (κ2) is 6.71. The van der Waals surface area contributed by atoms with Crippen molar-refractivity contribution < 1.29 is 0 Å². The molecule has 0 amide bonds. The predicted molar refractivity (Wildman–Crippen MR) is 82.9 cm³/mol. The lowest BCUT2D eigenvalue weighted by molar-refractivity contribution is 0.620. The fourth-order valence-electron chi connectivity index (χ4n) is 2.85. The molecule has 4 heteroatoms. The molecule has 2 unspecified atom stereocenters. The van der Waals surface area contributed by atoms with Crippen LogP contribution in [0.15, 0.2) is 0 Å². The van der Waals surface area contributed by atoms with E-state index in [9.17, 15) is 0 Å². The summed E-state index contributed by atoms with van der Waals surface area (Å²) >= 11 is 2.00. The molecule has 2 rings (SSSR count). The van der Waals surface area contributed by atoms with Gasteiger partial charge in [0.1, 0.15) is 5.82 Å². The predicted octanol–water partition coefficient (Wildman–Crippen LogP) is 3.37. The third-order valence-electron chi connectivity index (χ3n) is 3.76. The second-order valence-corrected chi connectivity index (χ2v) is 6.69. The number of nitrogens with one attached hydrogen (secondary N) is 1. The smallest absolute Gasteiger partial charge is 0.141 e. The summed E-state index contributed by atoms with van der Waals surface area (Å²) in [5, 5.41) is 3.93. The first-order chi connectivity index (χ1) is 9.13. The van der Waals surface area contributed by atoms with Crippen LogP contribution in [0, 0.1) is 13.8 Å². The topological polar surface area (TPSA) is 37.8 Å². The first-order valence-corrected chi connectivity index (χ1v) is 8.35. The molecule has 19 heavy (non-hydrogen) atoms. The largest absolute Gasteiger partial charge is 0.316 e. The fraction of sp³-hybridized carbons (Fsp3) is 0.733. The first-order valence-electron chi connectivity index (χ1n) is 7.30. The monoisotopic (exact) mass is 279 g/mol. The molecule has 0 saturated carbocycles. The highest BCUT2D eigenvalue weighted by Gasteiger charge is 2.23. The van der Waals surface area contributed by atoms with Crippen LogP contribution in [0.5, 0.6) is 0 Å². The van der Waals surface area contributed by atoms with Gasteiger partial charge in [0.25, 0.3) is 0 Å². The van der Waals surface area contributed by atoms with Crippen LogP contribution in [0.1, 0.15) is 60.6 Å². The maximum Gasteiger partial charge on any atom is 0.141 e. The summed E-state index contributed by atoms with van der Waals surface area (Å²) in [6, 6.07) is 0. The highest BCUT2D eigenvalue weighted by molar-refractivity contribution is 7.99. The Balaban J connectivity index is 2.21. The molecule has 0 spiro atoms. The molecule has 0 aromatic carbocycles. The summed E-state index contributed by atoms with van der Waals surface area (Å²) in [6.45, 7) is 10.7. The van der Waals surface area contributed by atoms with E-state index in [1.54, 1.807) is 0 Å². The quantitative estimate of drug-likeness (QED) is 0.896. The van der Waals surface area contributed by atoms with Gasteiger partial charge in [-0.05, 0) is 50.5 Å². The van der Waals surface area contributed by atoms with Crippen LogP contribution in [-0.4, -0.2) is 28.8 Å². The van der Waals surface area contributed by atoms with Crippen molar-refractivity contribution in [2.45, 2.75) is 51.7 Å². The Kier molecular flexibility index (Phi) is 5.22. The van der Waals surface area contributed by atoms with E-state index in [1.807, 2.05) is 11.8 Å². The van der Waals surface area contributed by atoms with Crippen LogP contribution in [0.4, 0.5) is 0 Å². The molecule has 106 valence electrons. The minimum Gasteiger partial charge on any atom is -0.316 e. The van der Waals surface area contributed by atoms with E-state index in [4.69, 9.17) is 9.97 Å². The number of hydrogen-bond donors (Lipinski definition) is 1. The van der Waals surface area contributed by atoms with Crippen LogP contribution >= 0.6 is 11.8 Å². The van der Waals surface area contributed by atoms with Crippen molar-refractivity contribution in [1.82, 2.24) is 15.3 Å². The minimum absolute atomic E-state index is 0.477. The van der Waals surface area contributed by atoms with Crippen molar-refractivity contribution in [2.75, 3.05) is 18.8 Å². The van der Waals surface area contributed by atoms with Gasteiger partial charge < -0.3 is 5.32 Å². The Hall–Kier alpha value is -0.610. The van der Waals surface area contributed by atoms with Crippen molar-refractivity contribution in [3.8, 4) is 0 Å². The van der Waals surface area contributed by atoms with E-state index >= 15 is 0 Å². The SMILES string of the molecule is CCNCC(C)c1c(C)nc(C2CCCS2)nc1C. The van der Waals surface area contributed by atoms with E-state index in [0.29, 0.717) is 11.2 Å². The van der Waals surface area contributed by atoms with Crippen molar-refractivity contribution in [2.24, 2.45) is 0 Å². The lowest BCUT2D eigenvalue weighted by Crippen LogP contribution is -2.21. The number of aryl methyl sites for hydroxylation is 2. The molecule has 0 radical (unpaired) electrons. The number of hydrogen-bond acceptors (Lipinski definition) is 4. The maximum atomic E-state index is 4.79. The zero-order valence-corrected chi connectivity index (χ0v) is 13.3. The molecule has 1 aromatic rings. The fourth-order valence-corrected chi connectivity index (χ4v) is 4.06. The summed E-state index contributed by atoms with van der Waals surface area (Å²) in [5.74, 6) is 2.78. The molecule has 3 nitrogen and oxygen atoms in total. The third-order valence-corrected chi connectivity index (χ3v) is 5.13. The van der Waals surface area contributed by atoms with Crippen molar-refractivity contribution in [3.63, 3.8) is 0 Å². The van der Waals surface area contributed by atoms with Crippen molar-refractivity contribution >= 4 is 11.8 Å². The third kappa shape index (κ3) is 3.48. The molecule has 1 saturated heterocycles. The normalized spacial score (nSPS) is 20.7. The Bertz CT molecular complexity index is 404. The minimum atomic E-state index is 0.477. The van der Waals surface area contributed by atoms with E-state index in [2.05, 4.69) is 33.0 Å². The summed E-state index contributed by atoms with van der Waals surface area (Å²) in [4.78, 5) is 9.57. The molecular formula is C15H25N3S. The van der Waals surface area contributed by atoms with Crippen LogP contribution in [-0.2, 0) is 0 Å². The maximum absolute atomic E-state index is 4.79. The summed E-state index contributed by atoms with van der Waals surface area (Å²) < 4.78 is 0. The zero-order valence-electron chi connectivity index (χ0n) is 12.5. The van der Waals surface area contributed by atoms with Gasteiger partial charge in [0.2, 0.25) is 0 Å². The van der Waals surface area contributed by atoms with Crippen molar-refractivity contribution in [1.29, 1.82) is 0 Å². The Morgan fingerprint density at radius 1 is 1.32 bits per heavy atom. The molecule has 1 aromatic heterocycles. The van der Waals surface area contributed by atoms with Gasteiger partial charge in [0.15, 0.2) is 0 Å². The molecule has 0 aliphatic carbocycles. The summed E-state index contributed by atoms with van der Waals surface area (Å²) in [5.41, 5.74) is 3.66. The van der Waals surface area contributed by atoms with Gasteiger partial charge in [-0.2, -0.15) is 11.8 Å². The molecule has 1 aliphatic heterocycles. The van der Waals surface area contributed by atoms with Gasteiger partial charge >= 0.3 is 0 Å². The standard InChI is InChI=1S/C15H25N3S/c1-5-16-9-10(2)14-11(3)17-15(18-12(14)4)13-7-6-8-19-13/h10,13,16H,5-9H2,1-4H3. The number of nitrogens with zero attached hydrogens (tertiary/aromatic N) is 2. The molecular weight excluding hydrogens is 254 g/mol. The highest BCUT2D eigenvalue weighted by atomic mass is 32.2. The molecule has 2 heterocycles. The van der Waals surface area contributed by atoms with Crippen molar-refractivity contribution in [3.05, 3.63) is 22.8 Å².